The second kappa shape index (κ2) is 5.37. The lowest BCUT2D eigenvalue weighted by atomic mass is 10.2. The topological polar surface area (TPSA) is 9.23 Å². The highest BCUT2D eigenvalue weighted by Gasteiger charge is 2.05. The Morgan fingerprint density at radius 3 is 2.44 bits per heavy atom. The van der Waals surface area contributed by atoms with Gasteiger partial charge >= 0.3 is 0 Å². The molecule has 0 amide bonds. The van der Waals surface area contributed by atoms with Gasteiger partial charge in [0.15, 0.2) is 5.75 Å². The van der Waals surface area contributed by atoms with Crippen LogP contribution < -0.4 is 4.74 Å². The fourth-order valence-electron chi connectivity index (χ4n) is 1.35. The van der Waals surface area contributed by atoms with Crippen LogP contribution in [-0.4, -0.2) is 0 Å². The molecule has 0 aromatic heterocycles. The first-order valence-electron chi connectivity index (χ1n) is 4.88. The van der Waals surface area contributed by atoms with Crippen molar-refractivity contribution < 1.29 is 4.74 Å². The molecule has 0 saturated carbocycles. The third kappa shape index (κ3) is 2.77. The summed E-state index contributed by atoms with van der Waals surface area (Å²) in [5.74, 6) is 0.688. The van der Waals surface area contributed by atoms with Crippen LogP contribution >= 0.6 is 27.5 Å². The molecule has 0 aliphatic heterocycles. The molecule has 0 bridgehead atoms. The van der Waals surface area contributed by atoms with Crippen molar-refractivity contribution in [3.05, 3.63) is 63.6 Å². The van der Waals surface area contributed by atoms with Crippen LogP contribution in [0.3, 0.4) is 0 Å². The van der Waals surface area contributed by atoms with Crippen LogP contribution in [0.25, 0.3) is 0 Å². The lowest BCUT2D eigenvalue weighted by Crippen LogP contribution is -1.96. The molecule has 2 rings (SSSR count). The summed E-state index contributed by atoms with van der Waals surface area (Å²) in [7, 11) is 0. The highest BCUT2D eigenvalue weighted by atomic mass is 79.9. The molecule has 0 aliphatic carbocycles. The Morgan fingerprint density at radius 2 is 1.75 bits per heavy atom. The summed E-state index contributed by atoms with van der Waals surface area (Å²) >= 11 is 9.45. The highest BCUT2D eigenvalue weighted by molar-refractivity contribution is 9.10. The van der Waals surface area contributed by atoms with Crippen molar-refractivity contribution in [1.82, 2.24) is 0 Å². The number of benzene rings is 2. The average Bonchev–Trinajstić information content (AvgIpc) is 2.30. The molecule has 0 radical (unpaired) electrons. The van der Waals surface area contributed by atoms with Crippen molar-refractivity contribution in [2.75, 3.05) is 0 Å². The van der Waals surface area contributed by atoms with E-state index in [9.17, 15) is 0 Å². The van der Waals surface area contributed by atoms with Gasteiger partial charge in [0.25, 0.3) is 0 Å². The minimum absolute atomic E-state index is 0.517. The molecule has 0 unspecified atom stereocenters. The molecule has 0 aliphatic rings. The summed E-state index contributed by atoms with van der Waals surface area (Å²) in [5.41, 5.74) is 1.12. The van der Waals surface area contributed by atoms with E-state index in [-0.39, 0.29) is 0 Å². The van der Waals surface area contributed by atoms with Crippen LogP contribution in [0.15, 0.2) is 53.0 Å². The first-order chi connectivity index (χ1) is 7.77. The van der Waals surface area contributed by atoms with Gasteiger partial charge in [-0.15, -0.1) is 0 Å². The van der Waals surface area contributed by atoms with Gasteiger partial charge < -0.3 is 4.74 Å². The van der Waals surface area contributed by atoms with Gasteiger partial charge in [-0.25, -0.2) is 0 Å². The Morgan fingerprint density at radius 1 is 1.00 bits per heavy atom. The van der Waals surface area contributed by atoms with Crippen LogP contribution in [0, 0.1) is 0 Å². The molecule has 0 spiro atoms. The van der Waals surface area contributed by atoms with Crippen molar-refractivity contribution in [1.29, 1.82) is 0 Å². The quantitative estimate of drug-likeness (QED) is 0.799. The minimum Gasteiger partial charge on any atom is -0.486 e. The molecule has 0 heterocycles. The maximum Gasteiger partial charge on any atom is 0.152 e. The van der Waals surface area contributed by atoms with Gasteiger partial charge in [0.1, 0.15) is 6.61 Å². The van der Waals surface area contributed by atoms with Crippen LogP contribution in [0.2, 0.25) is 5.02 Å². The monoisotopic (exact) mass is 296 g/mol. The zero-order valence-corrected chi connectivity index (χ0v) is 10.8. The fraction of sp³-hybridized carbons (Fsp3) is 0.0769. The predicted molar refractivity (Wildman–Crippen MR) is 69.9 cm³/mol. The van der Waals surface area contributed by atoms with Gasteiger partial charge in [-0.2, -0.15) is 0 Å². The summed E-state index contributed by atoms with van der Waals surface area (Å²) in [4.78, 5) is 0. The standard InChI is InChI=1S/C13H10BrClO/c14-11-7-4-8-12(15)13(11)16-9-10-5-2-1-3-6-10/h1-8H,9H2. The summed E-state index contributed by atoms with van der Waals surface area (Å²) in [6.45, 7) is 0.517. The van der Waals surface area contributed by atoms with Gasteiger partial charge in [-0.3, -0.25) is 0 Å². The van der Waals surface area contributed by atoms with E-state index in [0.717, 1.165) is 10.0 Å². The molecule has 1 nitrogen and oxygen atoms in total. The van der Waals surface area contributed by atoms with E-state index in [4.69, 9.17) is 16.3 Å². The maximum atomic E-state index is 6.04. The number of halogens is 2. The third-order valence-electron chi connectivity index (χ3n) is 2.14. The van der Waals surface area contributed by atoms with E-state index in [1.54, 1.807) is 0 Å². The van der Waals surface area contributed by atoms with Crippen molar-refractivity contribution in [3.63, 3.8) is 0 Å². The van der Waals surface area contributed by atoms with E-state index in [1.807, 2.05) is 48.5 Å². The molecular weight excluding hydrogens is 287 g/mol. The second-order valence-corrected chi connectivity index (χ2v) is 4.59. The zero-order chi connectivity index (χ0) is 11.4. The molecule has 82 valence electrons. The van der Waals surface area contributed by atoms with E-state index in [0.29, 0.717) is 17.4 Å². The SMILES string of the molecule is Clc1cccc(Br)c1OCc1ccccc1. The number of hydrogen-bond donors (Lipinski definition) is 0. The second-order valence-electron chi connectivity index (χ2n) is 3.33. The van der Waals surface area contributed by atoms with E-state index >= 15 is 0 Å². The van der Waals surface area contributed by atoms with Crippen molar-refractivity contribution in [2.45, 2.75) is 6.61 Å². The van der Waals surface area contributed by atoms with Crippen LogP contribution in [0.1, 0.15) is 5.56 Å². The number of para-hydroxylation sites is 1. The predicted octanol–water partition coefficient (Wildman–Crippen LogP) is 4.68. The van der Waals surface area contributed by atoms with Gasteiger partial charge in [0, 0.05) is 0 Å². The maximum absolute atomic E-state index is 6.04. The molecule has 2 aromatic rings. The van der Waals surface area contributed by atoms with Crippen molar-refractivity contribution in [2.24, 2.45) is 0 Å². The van der Waals surface area contributed by atoms with E-state index in [2.05, 4.69) is 15.9 Å². The number of ether oxygens (including phenoxy) is 1. The zero-order valence-electron chi connectivity index (χ0n) is 8.49. The molecule has 0 N–H and O–H groups in total. The summed E-state index contributed by atoms with van der Waals surface area (Å²) in [6, 6.07) is 15.6. The Bertz CT molecular complexity index is 450. The van der Waals surface area contributed by atoms with Crippen LogP contribution in [0.5, 0.6) is 5.75 Å². The molecular formula is C13H10BrClO. The van der Waals surface area contributed by atoms with Crippen molar-refractivity contribution >= 4 is 27.5 Å². The molecule has 0 saturated heterocycles. The van der Waals surface area contributed by atoms with Gasteiger partial charge in [0.2, 0.25) is 0 Å². The van der Waals surface area contributed by atoms with Crippen LogP contribution in [0.4, 0.5) is 0 Å². The smallest absolute Gasteiger partial charge is 0.152 e. The number of hydrogen-bond acceptors (Lipinski definition) is 1. The Balaban J connectivity index is 2.11. The molecule has 3 heteroatoms. The first-order valence-corrected chi connectivity index (χ1v) is 6.05. The van der Waals surface area contributed by atoms with Crippen LogP contribution in [-0.2, 0) is 6.61 Å². The first kappa shape index (κ1) is 11.5. The van der Waals surface area contributed by atoms with E-state index in [1.165, 1.54) is 0 Å². The molecule has 0 atom stereocenters. The normalized spacial score (nSPS) is 10.1. The average molecular weight is 298 g/mol. The van der Waals surface area contributed by atoms with Gasteiger partial charge in [-0.1, -0.05) is 48.0 Å². The summed E-state index contributed by atoms with van der Waals surface area (Å²) in [6.07, 6.45) is 0. The Labute approximate surface area is 108 Å². The number of rotatable bonds is 3. The largest absolute Gasteiger partial charge is 0.486 e. The fourth-order valence-corrected chi connectivity index (χ4v) is 2.17. The van der Waals surface area contributed by atoms with Gasteiger partial charge in [-0.05, 0) is 33.6 Å². The lowest BCUT2D eigenvalue weighted by Gasteiger charge is -2.09. The summed E-state index contributed by atoms with van der Waals surface area (Å²) in [5, 5.41) is 0.616. The Hall–Kier alpha value is -0.990. The molecule has 2 aromatic carbocycles. The summed E-state index contributed by atoms with van der Waals surface area (Å²) < 4.78 is 6.55. The highest BCUT2D eigenvalue weighted by Crippen LogP contribution is 2.33. The van der Waals surface area contributed by atoms with Gasteiger partial charge in [0.05, 0.1) is 9.50 Å². The van der Waals surface area contributed by atoms with E-state index < -0.39 is 0 Å². The third-order valence-corrected chi connectivity index (χ3v) is 3.07. The van der Waals surface area contributed by atoms with Crippen molar-refractivity contribution in [3.8, 4) is 5.75 Å². The molecule has 0 fully saturated rings. The molecule has 16 heavy (non-hydrogen) atoms. The lowest BCUT2D eigenvalue weighted by molar-refractivity contribution is 0.304. The minimum atomic E-state index is 0.517. The Kier molecular flexibility index (Phi) is 3.86.